The van der Waals surface area contributed by atoms with E-state index < -0.39 is 29.5 Å². The van der Waals surface area contributed by atoms with E-state index >= 15 is 0 Å². The number of hydrogen-bond acceptors (Lipinski definition) is 4. The first-order valence-corrected chi connectivity index (χ1v) is 10.0. The summed E-state index contributed by atoms with van der Waals surface area (Å²) in [5.41, 5.74) is -0.163. The van der Waals surface area contributed by atoms with Gasteiger partial charge in [0.25, 0.3) is 0 Å². The Morgan fingerprint density at radius 2 is 2.00 bits per heavy atom. The Morgan fingerprint density at radius 1 is 1.24 bits per heavy atom. The van der Waals surface area contributed by atoms with E-state index in [4.69, 9.17) is 4.74 Å². The number of carbonyl (C=O) groups excluding carboxylic acids is 1. The van der Waals surface area contributed by atoms with Crippen LogP contribution in [0.1, 0.15) is 46.4 Å². The quantitative estimate of drug-likeness (QED) is 0.509. The van der Waals surface area contributed by atoms with E-state index in [0.29, 0.717) is 11.3 Å². The molecule has 0 radical (unpaired) electrons. The van der Waals surface area contributed by atoms with Crippen molar-refractivity contribution < 1.29 is 37.7 Å². The highest BCUT2D eigenvalue weighted by atomic mass is 19.4. The molecule has 0 bridgehead atoms. The highest BCUT2D eigenvalue weighted by Gasteiger charge is 2.36. The molecule has 1 aliphatic heterocycles. The fourth-order valence-electron chi connectivity index (χ4n) is 3.97. The number of alkyl halides is 3. The van der Waals surface area contributed by atoms with Gasteiger partial charge < -0.3 is 24.8 Å². The summed E-state index contributed by atoms with van der Waals surface area (Å²) >= 11 is 0. The summed E-state index contributed by atoms with van der Waals surface area (Å²) in [7, 11) is 0. The predicted molar refractivity (Wildman–Crippen MR) is 112 cm³/mol. The summed E-state index contributed by atoms with van der Waals surface area (Å²) in [5, 5.41) is 22.3. The average molecular weight is 460 g/mol. The second-order valence-electron chi connectivity index (χ2n) is 7.49. The summed E-state index contributed by atoms with van der Waals surface area (Å²) in [6, 6.07) is 8.99. The molecule has 1 amide bonds. The number of halogens is 3. The molecule has 10 heteroatoms. The number of aromatic carboxylic acids is 1. The number of nitrogens with zero attached hydrogens (tertiary/aromatic N) is 1. The van der Waals surface area contributed by atoms with Crippen molar-refractivity contribution in [3.63, 3.8) is 0 Å². The number of aromatic hydroxyl groups is 1. The zero-order chi connectivity index (χ0) is 23.9. The number of hydrogen-bond donors (Lipinski definition) is 3. The molecule has 1 aliphatic rings. The van der Waals surface area contributed by atoms with Crippen LogP contribution in [0.3, 0.4) is 0 Å². The van der Waals surface area contributed by atoms with Crippen LogP contribution >= 0.6 is 0 Å². The van der Waals surface area contributed by atoms with Crippen molar-refractivity contribution in [1.29, 1.82) is 0 Å². The largest absolute Gasteiger partial charge is 0.504 e. The molecule has 33 heavy (non-hydrogen) atoms. The van der Waals surface area contributed by atoms with Gasteiger partial charge in [0.15, 0.2) is 11.5 Å². The molecular weight excluding hydrogens is 441 g/mol. The molecule has 1 aromatic heterocycles. The Hall–Kier alpha value is -3.95. The van der Waals surface area contributed by atoms with Gasteiger partial charge in [-0.3, -0.25) is 4.79 Å². The zero-order valence-electron chi connectivity index (χ0n) is 17.3. The third-order valence-electron chi connectivity index (χ3n) is 5.40. The number of phenols is 1. The molecule has 2 aromatic carbocycles. The zero-order valence-corrected chi connectivity index (χ0v) is 17.3. The standard InChI is InChI=1S/C23H19F3N2O5/c1-2-33-18-8-12(6-7-17(18)29)15-10-19(30)27-20-16(22(31)32)11-28(21(15)20)14-5-3-4-13(9-14)23(24,25)26/h3-9,11,15,29H,2,10H2,1H3,(H,27,30)(H,31,32)/t15-/m1/s1. The van der Waals surface area contributed by atoms with Crippen molar-refractivity contribution in [2.45, 2.75) is 25.4 Å². The molecule has 172 valence electrons. The first-order chi connectivity index (χ1) is 15.6. The summed E-state index contributed by atoms with van der Waals surface area (Å²) in [6.45, 7) is 2.01. The van der Waals surface area contributed by atoms with Crippen molar-refractivity contribution in [3.05, 3.63) is 71.0 Å². The molecule has 7 nitrogen and oxygen atoms in total. The number of ether oxygens (including phenoxy) is 1. The van der Waals surface area contributed by atoms with Gasteiger partial charge in [0, 0.05) is 24.2 Å². The molecule has 0 saturated carbocycles. The van der Waals surface area contributed by atoms with Gasteiger partial charge in [0.1, 0.15) is 5.56 Å². The Labute approximate surface area is 186 Å². The van der Waals surface area contributed by atoms with Crippen LogP contribution in [0.2, 0.25) is 0 Å². The van der Waals surface area contributed by atoms with Crippen LogP contribution in [0.4, 0.5) is 18.9 Å². The van der Waals surface area contributed by atoms with Crippen molar-refractivity contribution >= 4 is 17.6 Å². The van der Waals surface area contributed by atoms with Crippen LogP contribution in [-0.4, -0.2) is 33.3 Å². The van der Waals surface area contributed by atoms with Crippen molar-refractivity contribution in [2.24, 2.45) is 0 Å². The Kier molecular flexibility index (Phi) is 5.52. The van der Waals surface area contributed by atoms with Crippen molar-refractivity contribution in [1.82, 2.24) is 4.57 Å². The Morgan fingerprint density at radius 3 is 2.67 bits per heavy atom. The average Bonchev–Trinajstić information content (AvgIpc) is 3.14. The summed E-state index contributed by atoms with van der Waals surface area (Å²) in [4.78, 5) is 24.3. The fraction of sp³-hybridized carbons (Fsp3) is 0.217. The van der Waals surface area contributed by atoms with Crippen LogP contribution in [0, 0.1) is 0 Å². The number of fused-ring (bicyclic) bond motifs is 1. The highest BCUT2D eigenvalue weighted by molar-refractivity contribution is 6.04. The highest BCUT2D eigenvalue weighted by Crippen LogP contribution is 2.43. The number of carboxylic acids is 1. The number of phenolic OH excluding ortho intramolecular Hbond substituents is 1. The molecule has 0 aliphatic carbocycles. The lowest BCUT2D eigenvalue weighted by atomic mass is 9.88. The first-order valence-electron chi connectivity index (χ1n) is 10.0. The molecule has 2 heterocycles. The number of carbonyl (C=O) groups is 2. The van der Waals surface area contributed by atoms with Crippen molar-refractivity contribution in [2.75, 3.05) is 11.9 Å². The topological polar surface area (TPSA) is 101 Å². The van der Waals surface area contributed by atoms with Crippen LogP contribution in [0.25, 0.3) is 5.69 Å². The molecular formula is C23H19F3N2O5. The minimum atomic E-state index is -4.59. The number of benzene rings is 2. The monoisotopic (exact) mass is 460 g/mol. The molecule has 1 atom stereocenters. The lowest BCUT2D eigenvalue weighted by Gasteiger charge is -2.27. The number of nitrogens with one attached hydrogen (secondary N) is 1. The van der Waals surface area contributed by atoms with Crippen LogP contribution in [0.15, 0.2) is 48.7 Å². The molecule has 4 rings (SSSR count). The molecule has 0 saturated heterocycles. The van der Waals surface area contributed by atoms with Crippen LogP contribution < -0.4 is 10.1 Å². The summed E-state index contributed by atoms with van der Waals surface area (Å²) in [5.74, 6) is -2.41. The minimum absolute atomic E-state index is 0.0206. The van der Waals surface area contributed by atoms with E-state index in [9.17, 15) is 33.0 Å². The molecule has 3 N–H and O–H groups in total. The summed E-state index contributed by atoms with van der Waals surface area (Å²) in [6.07, 6.45) is -3.47. The summed E-state index contributed by atoms with van der Waals surface area (Å²) < 4.78 is 46.7. The number of rotatable bonds is 5. The maximum absolute atomic E-state index is 13.3. The van der Waals surface area contributed by atoms with Gasteiger partial charge in [-0.05, 0) is 42.8 Å². The van der Waals surface area contributed by atoms with E-state index in [1.807, 2.05) is 0 Å². The maximum Gasteiger partial charge on any atom is 0.416 e. The number of carboxylic acid groups (broad SMARTS) is 1. The van der Waals surface area contributed by atoms with Gasteiger partial charge in [0.05, 0.1) is 23.6 Å². The van der Waals surface area contributed by atoms with E-state index in [-0.39, 0.29) is 41.5 Å². The van der Waals surface area contributed by atoms with Crippen LogP contribution in [-0.2, 0) is 11.0 Å². The van der Waals surface area contributed by atoms with E-state index in [2.05, 4.69) is 5.32 Å². The van der Waals surface area contributed by atoms with Gasteiger partial charge in [-0.15, -0.1) is 0 Å². The van der Waals surface area contributed by atoms with Crippen molar-refractivity contribution in [3.8, 4) is 17.2 Å². The van der Waals surface area contributed by atoms with Crippen LogP contribution in [0.5, 0.6) is 11.5 Å². The number of aromatic nitrogens is 1. The lowest BCUT2D eigenvalue weighted by molar-refractivity contribution is -0.137. The van der Waals surface area contributed by atoms with E-state index in [1.54, 1.807) is 13.0 Å². The Balaban J connectivity index is 1.94. The minimum Gasteiger partial charge on any atom is -0.504 e. The number of amides is 1. The SMILES string of the molecule is CCOc1cc([C@H]2CC(=O)Nc3c(C(=O)O)cn(-c4cccc(C(F)(F)F)c4)c32)ccc1O. The third kappa shape index (κ3) is 4.11. The van der Waals surface area contributed by atoms with Gasteiger partial charge in [0.2, 0.25) is 5.91 Å². The second-order valence-corrected chi connectivity index (χ2v) is 7.49. The third-order valence-corrected chi connectivity index (χ3v) is 5.40. The van der Waals surface area contributed by atoms with Gasteiger partial charge in [-0.2, -0.15) is 13.2 Å². The maximum atomic E-state index is 13.3. The smallest absolute Gasteiger partial charge is 0.416 e. The molecule has 3 aromatic rings. The van der Waals surface area contributed by atoms with Gasteiger partial charge in [-0.1, -0.05) is 12.1 Å². The van der Waals surface area contributed by atoms with E-state index in [1.165, 1.54) is 35.0 Å². The fourth-order valence-corrected chi connectivity index (χ4v) is 3.97. The van der Waals surface area contributed by atoms with Gasteiger partial charge in [-0.25, -0.2) is 4.79 Å². The van der Waals surface area contributed by atoms with Gasteiger partial charge >= 0.3 is 12.1 Å². The predicted octanol–water partition coefficient (Wildman–Crippen LogP) is 4.77. The molecule has 0 fully saturated rings. The normalized spacial score (nSPS) is 15.6. The second kappa shape index (κ2) is 8.19. The van der Waals surface area contributed by atoms with E-state index in [0.717, 1.165) is 12.1 Å². The lowest BCUT2D eigenvalue weighted by Crippen LogP contribution is -2.25. The molecule has 0 unspecified atom stereocenters. The molecule has 0 spiro atoms. The Bertz CT molecular complexity index is 1250. The first kappa shape index (κ1) is 22.3. The number of anilines is 1.